The van der Waals surface area contributed by atoms with E-state index in [1.54, 1.807) is 0 Å². The van der Waals surface area contributed by atoms with Crippen molar-refractivity contribution in [1.82, 2.24) is 10.3 Å². The minimum Gasteiger partial charge on any atom is -0.314 e. The highest BCUT2D eigenvalue weighted by molar-refractivity contribution is 5.22. The van der Waals surface area contributed by atoms with E-state index in [9.17, 15) is 4.39 Å². The monoisotopic (exact) mass is 236 g/mol. The second-order valence-corrected chi connectivity index (χ2v) is 5.16. The van der Waals surface area contributed by atoms with Gasteiger partial charge >= 0.3 is 0 Å². The molecule has 1 aliphatic carbocycles. The molecule has 94 valence electrons. The van der Waals surface area contributed by atoms with E-state index >= 15 is 0 Å². The van der Waals surface area contributed by atoms with Crippen molar-refractivity contribution in [3.63, 3.8) is 0 Å². The quantitative estimate of drug-likeness (QED) is 0.869. The summed E-state index contributed by atoms with van der Waals surface area (Å²) in [7, 11) is 0. The molecule has 1 fully saturated rings. The van der Waals surface area contributed by atoms with Crippen molar-refractivity contribution in [3.05, 3.63) is 29.8 Å². The highest BCUT2D eigenvalue weighted by Crippen LogP contribution is 2.54. The lowest BCUT2D eigenvalue weighted by Crippen LogP contribution is -2.56. The van der Waals surface area contributed by atoms with Gasteiger partial charge in [-0.2, -0.15) is 0 Å². The summed E-state index contributed by atoms with van der Waals surface area (Å²) in [5.41, 5.74) is 1.28. The molecule has 1 saturated carbocycles. The fourth-order valence-corrected chi connectivity index (χ4v) is 2.96. The van der Waals surface area contributed by atoms with E-state index in [0.29, 0.717) is 12.0 Å². The summed E-state index contributed by atoms with van der Waals surface area (Å²) in [6.07, 6.45) is 3.55. The van der Waals surface area contributed by atoms with Crippen LogP contribution in [0.2, 0.25) is 0 Å². The van der Waals surface area contributed by atoms with Crippen LogP contribution >= 0.6 is 0 Å². The van der Waals surface area contributed by atoms with Crippen molar-refractivity contribution in [2.45, 2.75) is 45.6 Å². The van der Waals surface area contributed by atoms with Crippen LogP contribution in [0.1, 0.15) is 45.2 Å². The first-order valence-electron chi connectivity index (χ1n) is 6.46. The Morgan fingerprint density at radius 3 is 2.76 bits per heavy atom. The van der Waals surface area contributed by atoms with Crippen molar-refractivity contribution in [2.24, 2.45) is 5.41 Å². The highest BCUT2D eigenvalue weighted by Gasteiger charge is 2.50. The van der Waals surface area contributed by atoms with Crippen LogP contribution in [0.25, 0.3) is 0 Å². The van der Waals surface area contributed by atoms with Gasteiger partial charge in [0.05, 0.1) is 6.20 Å². The number of pyridine rings is 1. The van der Waals surface area contributed by atoms with Crippen molar-refractivity contribution in [3.8, 4) is 0 Å². The summed E-state index contributed by atoms with van der Waals surface area (Å²) >= 11 is 0. The van der Waals surface area contributed by atoms with Gasteiger partial charge in [0.2, 0.25) is 0 Å². The number of rotatable bonds is 4. The number of hydrogen-bond acceptors (Lipinski definition) is 2. The zero-order valence-corrected chi connectivity index (χ0v) is 10.8. The third kappa shape index (κ3) is 2.08. The first kappa shape index (κ1) is 12.5. The topological polar surface area (TPSA) is 24.9 Å². The van der Waals surface area contributed by atoms with Crippen LogP contribution in [-0.2, 0) is 0 Å². The van der Waals surface area contributed by atoms with E-state index < -0.39 is 0 Å². The summed E-state index contributed by atoms with van der Waals surface area (Å²) in [5.74, 6) is 0.201. The van der Waals surface area contributed by atoms with E-state index in [0.717, 1.165) is 25.1 Å². The van der Waals surface area contributed by atoms with E-state index in [4.69, 9.17) is 0 Å². The molecule has 2 rings (SSSR count). The van der Waals surface area contributed by atoms with Crippen LogP contribution in [0.4, 0.5) is 4.39 Å². The first-order valence-corrected chi connectivity index (χ1v) is 6.46. The standard InChI is InChI=1S/C14H21FN2/c1-4-14(3)11(8-13(14)16-5-2)12-7-6-10(15)9-17-12/h6-7,9,11,13,16H,4-5,8H2,1-3H3. The molecule has 0 bridgehead atoms. The summed E-state index contributed by atoms with van der Waals surface area (Å²) in [4.78, 5) is 4.24. The molecule has 1 aromatic heterocycles. The molecule has 3 unspecified atom stereocenters. The van der Waals surface area contributed by atoms with Crippen LogP contribution in [0.15, 0.2) is 18.3 Å². The Kier molecular flexibility index (Phi) is 3.48. The van der Waals surface area contributed by atoms with Crippen LogP contribution in [-0.4, -0.2) is 17.6 Å². The number of nitrogens with zero attached hydrogens (tertiary/aromatic N) is 1. The minimum absolute atomic E-state index is 0.251. The third-order valence-electron chi connectivity index (χ3n) is 4.38. The molecule has 0 aromatic carbocycles. The van der Waals surface area contributed by atoms with Gasteiger partial charge < -0.3 is 5.32 Å². The van der Waals surface area contributed by atoms with Gasteiger partial charge in [0.25, 0.3) is 0 Å². The van der Waals surface area contributed by atoms with Crippen LogP contribution < -0.4 is 5.32 Å². The van der Waals surface area contributed by atoms with E-state index in [1.807, 2.05) is 6.07 Å². The molecule has 1 aromatic rings. The summed E-state index contributed by atoms with van der Waals surface area (Å²) in [5, 5.41) is 3.53. The second kappa shape index (κ2) is 4.73. The summed E-state index contributed by atoms with van der Waals surface area (Å²) in [6, 6.07) is 3.91. The van der Waals surface area contributed by atoms with Gasteiger partial charge in [0, 0.05) is 17.7 Å². The average Bonchev–Trinajstić information content (AvgIpc) is 2.34. The maximum Gasteiger partial charge on any atom is 0.141 e. The predicted molar refractivity (Wildman–Crippen MR) is 67.4 cm³/mol. The predicted octanol–water partition coefficient (Wildman–Crippen LogP) is 3.10. The fourth-order valence-electron chi connectivity index (χ4n) is 2.96. The molecular weight excluding hydrogens is 215 g/mol. The Balaban J connectivity index is 2.16. The molecule has 3 heteroatoms. The Labute approximate surface area is 103 Å². The zero-order chi connectivity index (χ0) is 12.5. The fraction of sp³-hybridized carbons (Fsp3) is 0.643. The molecule has 0 spiro atoms. The number of nitrogens with one attached hydrogen (secondary N) is 1. The lowest BCUT2D eigenvalue weighted by molar-refractivity contribution is 0.0431. The normalized spacial score (nSPS) is 32.2. The van der Waals surface area contributed by atoms with Crippen LogP contribution in [0.5, 0.6) is 0 Å². The molecule has 1 N–H and O–H groups in total. The van der Waals surface area contributed by atoms with Crippen LogP contribution in [0.3, 0.4) is 0 Å². The van der Waals surface area contributed by atoms with Crippen LogP contribution in [0, 0.1) is 11.2 Å². The summed E-state index contributed by atoms with van der Waals surface area (Å²) < 4.78 is 12.9. The van der Waals surface area contributed by atoms with Crippen molar-refractivity contribution in [2.75, 3.05) is 6.54 Å². The Morgan fingerprint density at radius 1 is 1.47 bits per heavy atom. The maximum absolute atomic E-state index is 12.9. The van der Waals surface area contributed by atoms with Gasteiger partial charge in [-0.15, -0.1) is 0 Å². The number of aromatic nitrogens is 1. The number of hydrogen-bond donors (Lipinski definition) is 1. The van der Waals surface area contributed by atoms with Crippen molar-refractivity contribution >= 4 is 0 Å². The maximum atomic E-state index is 12.9. The molecule has 17 heavy (non-hydrogen) atoms. The van der Waals surface area contributed by atoms with Gasteiger partial charge in [-0.3, -0.25) is 4.98 Å². The van der Waals surface area contributed by atoms with E-state index in [-0.39, 0.29) is 11.2 Å². The first-order chi connectivity index (χ1) is 8.11. The smallest absolute Gasteiger partial charge is 0.141 e. The van der Waals surface area contributed by atoms with Gasteiger partial charge in [-0.05, 0) is 36.9 Å². The SMILES string of the molecule is CCNC1CC(c2ccc(F)cn2)C1(C)CC. The molecule has 0 saturated heterocycles. The Morgan fingerprint density at radius 2 is 2.24 bits per heavy atom. The molecule has 0 amide bonds. The number of halogens is 1. The molecule has 1 heterocycles. The highest BCUT2D eigenvalue weighted by atomic mass is 19.1. The van der Waals surface area contributed by atoms with Gasteiger partial charge in [0.1, 0.15) is 5.82 Å². The van der Waals surface area contributed by atoms with Gasteiger partial charge in [-0.25, -0.2) is 4.39 Å². The molecule has 1 aliphatic rings. The Hall–Kier alpha value is -0.960. The van der Waals surface area contributed by atoms with E-state index in [1.165, 1.54) is 12.3 Å². The molecule has 0 aliphatic heterocycles. The minimum atomic E-state index is -0.255. The largest absolute Gasteiger partial charge is 0.314 e. The molecule has 3 atom stereocenters. The lowest BCUT2D eigenvalue weighted by Gasteiger charge is -2.54. The average molecular weight is 236 g/mol. The van der Waals surface area contributed by atoms with Gasteiger partial charge in [0.15, 0.2) is 0 Å². The molecule has 0 radical (unpaired) electrons. The Bertz CT molecular complexity index is 376. The molecule has 2 nitrogen and oxygen atoms in total. The second-order valence-electron chi connectivity index (χ2n) is 5.16. The van der Waals surface area contributed by atoms with Crippen molar-refractivity contribution < 1.29 is 4.39 Å². The third-order valence-corrected chi connectivity index (χ3v) is 4.38. The molecular formula is C14H21FN2. The zero-order valence-electron chi connectivity index (χ0n) is 10.8. The lowest BCUT2D eigenvalue weighted by atomic mass is 9.55. The summed E-state index contributed by atoms with van der Waals surface area (Å²) in [6.45, 7) is 7.67. The van der Waals surface area contributed by atoms with E-state index in [2.05, 4.69) is 31.1 Å². The van der Waals surface area contributed by atoms with Crippen molar-refractivity contribution in [1.29, 1.82) is 0 Å². The van der Waals surface area contributed by atoms with Gasteiger partial charge in [-0.1, -0.05) is 20.8 Å².